The van der Waals surface area contributed by atoms with E-state index in [-0.39, 0.29) is 35.1 Å². The van der Waals surface area contributed by atoms with Crippen LogP contribution in [0.5, 0.6) is 11.8 Å². The van der Waals surface area contributed by atoms with Crippen LogP contribution in [0.4, 0.5) is 4.39 Å². The van der Waals surface area contributed by atoms with Crippen molar-refractivity contribution in [1.82, 2.24) is 4.57 Å². The maximum absolute atomic E-state index is 14.2. The Kier molecular flexibility index (Phi) is 2.64. The maximum Gasteiger partial charge on any atom is 0.203 e. The van der Waals surface area contributed by atoms with E-state index in [2.05, 4.69) is 0 Å². The maximum atomic E-state index is 14.2. The molecule has 114 valence electrons. The molecule has 22 heavy (non-hydrogen) atoms. The lowest BCUT2D eigenvalue weighted by Crippen LogP contribution is -2.28. The lowest BCUT2D eigenvalue weighted by Gasteiger charge is -2.34. The highest BCUT2D eigenvalue weighted by atomic mass is 19.1. The number of halogens is 1. The van der Waals surface area contributed by atoms with Crippen molar-refractivity contribution >= 4 is 5.78 Å². The average molecular weight is 301 g/mol. The van der Waals surface area contributed by atoms with Crippen molar-refractivity contribution in [3.63, 3.8) is 0 Å². The summed E-state index contributed by atoms with van der Waals surface area (Å²) in [7, 11) is 0. The molecule has 1 fully saturated rings. The molecule has 1 saturated carbocycles. The second-order valence-corrected chi connectivity index (χ2v) is 6.26. The summed E-state index contributed by atoms with van der Waals surface area (Å²) in [5, 5.41) is 21.1. The predicted molar refractivity (Wildman–Crippen MR) is 78.1 cm³/mol. The number of aromatic nitrogens is 1. The van der Waals surface area contributed by atoms with Gasteiger partial charge >= 0.3 is 0 Å². The summed E-state index contributed by atoms with van der Waals surface area (Å²) in [5.74, 6) is -1.23. The van der Waals surface area contributed by atoms with Crippen LogP contribution in [-0.2, 0) is 4.79 Å². The van der Waals surface area contributed by atoms with E-state index in [1.165, 1.54) is 6.07 Å². The number of carbonyl (C=O) groups excluding carboxylic acids is 1. The summed E-state index contributed by atoms with van der Waals surface area (Å²) < 4.78 is 15.3. The third-order valence-corrected chi connectivity index (χ3v) is 4.93. The minimum absolute atomic E-state index is 0.0764. The number of benzene rings is 1. The first kappa shape index (κ1) is 13.4. The summed E-state index contributed by atoms with van der Waals surface area (Å²) in [4.78, 5) is 12.1. The molecule has 2 N–H and O–H groups in total. The van der Waals surface area contributed by atoms with E-state index in [9.17, 15) is 19.4 Å². The topological polar surface area (TPSA) is 62.5 Å². The van der Waals surface area contributed by atoms with Crippen LogP contribution in [-0.4, -0.2) is 20.6 Å². The van der Waals surface area contributed by atoms with E-state index in [0.29, 0.717) is 24.0 Å². The van der Waals surface area contributed by atoms with Crippen molar-refractivity contribution < 1.29 is 19.4 Å². The number of carbonyl (C=O) groups is 1. The zero-order valence-corrected chi connectivity index (χ0v) is 12.1. The van der Waals surface area contributed by atoms with Crippen LogP contribution in [0.1, 0.15) is 47.8 Å². The number of aromatic hydroxyl groups is 2. The van der Waals surface area contributed by atoms with Crippen LogP contribution < -0.4 is 0 Å². The largest absolute Gasteiger partial charge is 0.494 e. The Labute approximate surface area is 126 Å². The van der Waals surface area contributed by atoms with Gasteiger partial charge in [-0.25, -0.2) is 8.96 Å². The fraction of sp³-hybridized carbons (Fsp3) is 0.353. The van der Waals surface area contributed by atoms with Crippen molar-refractivity contribution in [3.8, 4) is 17.4 Å². The van der Waals surface area contributed by atoms with Crippen LogP contribution >= 0.6 is 0 Å². The first-order chi connectivity index (χ1) is 10.5. The van der Waals surface area contributed by atoms with E-state index in [4.69, 9.17) is 0 Å². The smallest absolute Gasteiger partial charge is 0.203 e. The second-order valence-electron chi connectivity index (χ2n) is 6.26. The van der Waals surface area contributed by atoms with Crippen molar-refractivity contribution in [2.75, 3.05) is 0 Å². The number of hydrogen-bond acceptors (Lipinski definition) is 3. The van der Waals surface area contributed by atoms with Gasteiger partial charge in [0.2, 0.25) is 11.8 Å². The van der Waals surface area contributed by atoms with Gasteiger partial charge in [0.25, 0.3) is 0 Å². The Morgan fingerprint density at radius 3 is 2.64 bits per heavy atom. The number of rotatable bonds is 1. The first-order valence-electron chi connectivity index (χ1n) is 7.44. The Morgan fingerprint density at radius 2 is 1.91 bits per heavy atom. The molecule has 5 rings (SSSR count). The molecule has 1 aromatic heterocycles. The average Bonchev–Trinajstić information content (AvgIpc) is 2.76. The van der Waals surface area contributed by atoms with Gasteiger partial charge in [0.1, 0.15) is 11.6 Å². The highest BCUT2D eigenvalue weighted by Crippen LogP contribution is 2.55. The summed E-state index contributed by atoms with van der Waals surface area (Å²) in [5.41, 5.74) is 2.04. The van der Waals surface area contributed by atoms with Crippen molar-refractivity contribution in [1.29, 1.82) is 0 Å². The standard InChI is InChI=1S/C17H16FNO3/c1-8-2-5-11(18)12(6-8)19-16(21)14-9-3-4-10(13(20)7-9)15(14)17(19)22/h2,5-6,9-10,21-22H,3-4,7H2,1H3/t9-,10+/m0/s1. The molecule has 0 saturated heterocycles. The van der Waals surface area contributed by atoms with Crippen molar-refractivity contribution in [2.45, 2.75) is 38.0 Å². The monoisotopic (exact) mass is 301 g/mol. The zero-order chi connectivity index (χ0) is 15.6. The van der Waals surface area contributed by atoms with Crippen LogP contribution in [0.3, 0.4) is 0 Å². The van der Waals surface area contributed by atoms with Gasteiger partial charge in [-0.3, -0.25) is 4.79 Å². The summed E-state index contributed by atoms with van der Waals surface area (Å²) in [6.07, 6.45) is 1.89. The predicted octanol–water partition coefficient (Wildman–Crippen LogP) is 3.27. The number of hydrogen-bond donors (Lipinski definition) is 2. The summed E-state index contributed by atoms with van der Waals surface area (Å²) >= 11 is 0. The van der Waals surface area contributed by atoms with Crippen LogP contribution in [0, 0.1) is 12.7 Å². The summed E-state index contributed by atoms with van der Waals surface area (Å²) in [6, 6.07) is 4.51. The van der Waals surface area contributed by atoms with Crippen LogP contribution in [0.25, 0.3) is 5.69 Å². The fourth-order valence-electron chi connectivity index (χ4n) is 3.92. The Morgan fingerprint density at radius 1 is 1.18 bits per heavy atom. The molecule has 0 amide bonds. The van der Waals surface area contributed by atoms with E-state index >= 15 is 0 Å². The molecule has 3 aliphatic rings. The number of fused-ring (bicyclic) bond motifs is 2. The molecule has 1 heterocycles. The molecule has 0 radical (unpaired) electrons. The van der Waals surface area contributed by atoms with Crippen molar-refractivity contribution in [3.05, 3.63) is 40.7 Å². The minimum Gasteiger partial charge on any atom is -0.494 e. The lowest BCUT2D eigenvalue weighted by atomic mass is 9.67. The Bertz CT molecular complexity index is 809. The molecule has 2 bridgehead atoms. The van der Waals surface area contributed by atoms with Gasteiger partial charge in [0.05, 0.1) is 5.69 Å². The van der Waals surface area contributed by atoms with Gasteiger partial charge in [0, 0.05) is 23.5 Å². The molecule has 5 heteroatoms. The van der Waals surface area contributed by atoms with E-state index in [1.807, 2.05) is 6.92 Å². The first-order valence-corrected chi connectivity index (χ1v) is 7.44. The van der Waals surface area contributed by atoms with Gasteiger partial charge in [0.15, 0.2) is 0 Å². The molecule has 2 aromatic rings. The Balaban J connectivity index is 2.01. The SMILES string of the molecule is Cc1ccc(F)c(-n2c(O)c3c(c2O)[C@@H]2CC[C@H]3CC2=O)c1. The number of Topliss-reactive ketones (excluding diaryl/α,β-unsaturated/α-hetero) is 1. The minimum atomic E-state index is -0.526. The molecule has 3 aliphatic carbocycles. The molecule has 1 aromatic carbocycles. The van der Waals surface area contributed by atoms with Gasteiger partial charge < -0.3 is 10.2 Å². The molecule has 0 unspecified atom stereocenters. The van der Waals surface area contributed by atoms with Gasteiger partial charge in [-0.2, -0.15) is 0 Å². The molecular formula is C17H16FNO3. The molecule has 0 aliphatic heterocycles. The van der Waals surface area contributed by atoms with Crippen LogP contribution in [0.15, 0.2) is 18.2 Å². The molecule has 0 spiro atoms. The number of aryl methyl sites for hydroxylation is 1. The van der Waals surface area contributed by atoms with E-state index < -0.39 is 5.82 Å². The van der Waals surface area contributed by atoms with Crippen molar-refractivity contribution in [2.24, 2.45) is 0 Å². The zero-order valence-electron chi connectivity index (χ0n) is 12.1. The second kappa shape index (κ2) is 4.35. The molecular weight excluding hydrogens is 285 g/mol. The molecule has 2 atom stereocenters. The highest BCUT2D eigenvalue weighted by Gasteiger charge is 2.45. The molecule has 4 nitrogen and oxygen atoms in total. The fourth-order valence-corrected chi connectivity index (χ4v) is 3.92. The third kappa shape index (κ3) is 1.59. The van der Waals surface area contributed by atoms with Gasteiger partial charge in [-0.05, 0) is 43.4 Å². The quantitative estimate of drug-likeness (QED) is 0.849. The highest BCUT2D eigenvalue weighted by molar-refractivity contribution is 5.91. The van der Waals surface area contributed by atoms with E-state index in [1.54, 1.807) is 12.1 Å². The van der Waals surface area contributed by atoms with Gasteiger partial charge in [-0.1, -0.05) is 6.07 Å². The lowest BCUT2D eigenvalue weighted by molar-refractivity contribution is -0.123. The van der Waals surface area contributed by atoms with Crippen LogP contribution in [0.2, 0.25) is 0 Å². The third-order valence-electron chi connectivity index (χ3n) is 4.93. The summed E-state index contributed by atoms with van der Waals surface area (Å²) in [6.45, 7) is 1.81. The van der Waals surface area contributed by atoms with Gasteiger partial charge in [-0.15, -0.1) is 0 Å². The number of ketones is 1. The normalized spacial score (nSPS) is 22.9. The number of nitrogens with zero attached hydrogens (tertiary/aromatic N) is 1. The van der Waals surface area contributed by atoms with E-state index in [0.717, 1.165) is 16.6 Å². The Hall–Kier alpha value is -2.30.